The second kappa shape index (κ2) is 14.6. The predicted octanol–water partition coefficient (Wildman–Crippen LogP) is 6.60. The van der Waals surface area contributed by atoms with Crippen molar-refractivity contribution < 1.29 is 27.1 Å². The number of halogens is 5. The van der Waals surface area contributed by atoms with Crippen molar-refractivity contribution in [3.63, 3.8) is 0 Å². The van der Waals surface area contributed by atoms with Gasteiger partial charge in [-0.3, -0.25) is 14.6 Å². The van der Waals surface area contributed by atoms with E-state index in [4.69, 9.17) is 16.3 Å². The summed E-state index contributed by atoms with van der Waals surface area (Å²) in [5.41, 5.74) is -0.266. The second-order valence-corrected chi connectivity index (χ2v) is 12.5. The molecule has 244 valence electrons. The van der Waals surface area contributed by atoms with Crippen molar-refractivity contribution >= 4 is 45.7 Å². The molecule has 0 bridgehead atoms. The number of likely N-dealkylation sites (tertiary alicyclic amines) is 1. The number of alkyl halides is 3. The average molecular weight is 670 g/mol. The van der Waals surface area contributed by atoms with E-state index in [0.717, 1.165) is 36.8 Å². The van der Waals surface area contributed by atoms with Crippen molar-refractivity contribution in [3.8, 4) is 11.3 Å². The summed E-state index contributed by atoms with van der Waals surface area (Å²) in [6.45, 7) is 8.46. The number of hydrogen-bond acceptors (Lipinski definition) is 10. The summed E-state index contributed by atoms with van der Waals surface area (Å²) in [6, 6.07) is 4.14. The van der Waals surface area contributed by atoms with Gasteiger partial charge in [0.2, 0.25) is 5.82 Å². The van der Waals surface area contributed by atoms with Crippen molar-refractivity contribution in [2.75, 3.05) is 56.1 Å². The van der Waals surface area contributed by atoms with Gasteiger partial charge in [0.1, 0.15) is 6.33 Å². The minimum absolute atomic E-state index is 0.0729. The van der Waals surface area contributed by atoms with Gasteiger partial charge in [-0.1, -0.05) is 35.9 Å². The lowest BCUT2D eigenvalue weighted by atomic mass is 10.1. The van der Waals surface area contributed by atoms with E-state index >= 15 is 4.39 Å². The van der Waals surface area contributed by atoms with Crippen molar-refractivity contribution in [3.05, 3.63) is 45.8 Å². The molecule has 3 aromatic rings. The van der Waals surface area contributed by atoms with Crippen LogP contribution in [0.3, 0.4) is 0 Å². The van der Waals surface area contributed by atoms with E-state index in [-0.39, 0.29) is 28.2 Å². The van der Waals surface area contributed by atoms with E-state index in [1.807, 2.05) is 4.90 Å². The lowest BCUT2D eigenvalue weighted by Gasteiger charge is -2.35. The summed E-state index contributed by atoms with van der Waals surface area (Å²) in [6.07, 6.45) is 0.0155. The number of piperazine rings is 1. The normalized spacial score (nSPS) is 18.0. The highest BCUT2D eigenvalue weighted by atomic mass is 35.5. The van der Waals surface area contributed by atoms with Crippen LogP contribution in [0.15, 0.2) is 24.5 Å². The quantitative estimate of drug-likeness (QED) is 0.179. The molecule has 2 saturated heterocycles. The minimum Gasteiger partial charge on any atom is -0.466 e. The molecule has 15 heteroatoms. The molecule has 5 rings (SSSR count). The molecule has 0 unspecified atom stereocenters. The van der Waals surface area contributed by atoms with E-state index in [2.05, 4.69) is 37.0 Å². The Morgan fingerprint density at radius 3 is 2.64 bits per heavy atom. The predicted molar refractivity (Wildman–Crippen MR) is 166 cm³/mol. The molecule has 4 heterocycles. The van der Waals surface area contributed by atoms with Crippen LogP contribution in [0.1, 0.15) is 50.0 Å². The van der Waals surface area contributed by atoms with E-state index in [1.165, 1.54) is 29.8 Å². The molecule has 0 amide bonds. The van der Waals surface area contributed by atoms with Crippen LogP contribution in [0.25, 0.3) is 11.3 Å². The molecule has 0 spiro atoms. The van der Waals surface area contributed by atoms with Gasteiger partial charge in [0.15, 0.2) is 16.8 Å². The van der Waals surface area contributed by atoms with Gasteiger partial charge in [0.25, 0.3) is 0 Å². The molecule has 45 heavy (non-hydrogen) atoms. The summed E-state index contributed by atoms with van der Waals surface area (Å²) in [5.74, 6) is -0.818. The van der Waals surface area contributed by atoms with Crippen molar-refractivity contribution in [1.29, 1.82) is 0 Å². The smallest absolute Gasteiger partial charge is 0.417 e. The van der Waals surface area contributed by atoms with E-state index in [9.17, 15) is 18.0 Å². The summed E-state index contributed by atoms with van der Waals surface area (Å²) < 4.78 is 61.9. The molecule has 0 radical (unpaired) electrons. The lowest BCUT2D eigenvalue weighted by Crippen LogP contribution is -2.47. The van der Waals surface area contributed by atoms with Gasteiger partial charge in [-0.2, -0.15) is 17.6 Å². The van der Waals surface area contributed by atoms with E-state index in [1.54, 1.807) is 6.92 Å². The maximum Gasteiger partial charge on any atom is 0.417 e. The highest BCUT2D eigenvalue weighted by Gasteiger charge is 2.34. The second-order valence-electron chi connectivity index (χ2n) is 11.0. The zero-order chi connectivity index (χ0) is 32.1. The highest BCUT2D eigenvalue weighted by molar-refractivity contribution is 7.16. The number of rotatable bonds is 11. The Morgan fingerprint density at radius 2 is 1.93 bits per heavy atom. The Balaban J connectivity index is 1.36. The van der Waals surface area contributed by atoms with Crippen molar-refractivity contribution in [2.24, 2.45) is 0 Å². The Labute approximate surface area is 268 Å². The van der Waals surface area contributed by atoms with Gasteiger partial charge in [-0.15, -0.1) is 0 Å². The van der Waals surface area contributed by atoms with Gasteiger partial charge in [-0.05, 0) is 44.9 Å². The fourth-order valence-corrected chi connectivity index (χ4v) is 7.05. The number of benzene rings is 1. The Hall–Kier alpha value is -3.07. The molecule has 2 aromatic heterocycles. The average Bonchev–Trinajstić information content (AvgIpc) is 3.64. The van der Waals surface area contributed by atoms with Crippen LogP contribution in [-0.2, 0) is 22.3 Å². The maximum absolute atomic E-state index is 15.8. The van der Waals surface area contributed by atoms with Gasteiger partial charge < -0.3 is 15.0 Å². The third kappa shape index (κ3) is 8.02. The fourth-order valence-electron chi connectivity index (χ4n) is 5.81. The van der Waals surface area contributed by atoms with Crippen LogP contribution >= 0.6 is 22.9 Å². The van der Waals surface area contributed by atoms with Crippen LogP contribution in [0.5, 0.6) is 0 Å². The molecule has 9 nitrogen and oxygen atoms in total. The lowest BCUT2D eigenvalue weighted by molar-refractivity contribution is -0.143. The molecular weight excluding hydrogens is 634 g/mol. The Bertz CT molecular complexity index is 1480. The number of nitrogens with zero attached hydrogens (tertiary/aromatic N) is 6. The third-order valence-electron chi connectivity index (χ3n) is 8.17. The summed E-state index contributed by atoms with van der Waals surface area (Å²) in [5, 5.41) is 2.89. The number of esters is 1. The monoisotopic (exact) mass is 669 g/mol. The molecule has 0 saturated carbocycles. The topological polar surface area (TPSA) is 86.7 Å². The van der Waals surface area contributed by atoms with Crippen LogP contribution in [0, 0.1) is 5.82 Å². The molecule has 0 aliphatic carbocycles. The first-order valence-corrected chi connectivity index (χ1v) is 16.3. The molecular formula is C30H36ClF4N7O2S. The first-order chi connectivity index (χ1) is 21.6. The molecule has 2 fully saturated rings. The fraction of sp³-hybridized carbons (Fsp3) is 0.533. The number of carbonyl (C=O) groups is 1. The van der Waals surface area contributed by atoms with E-state index < -0.39 is 17.6 Å². The molecule has 1 N–H and O–H groups in total. The Kier molecular flexibility index (Phi) is 10.8. The molecule has 1 aromatic carbocycles. The minimum atomic E-state index is -4.63. The number of hydrogen-bond donors (Lipinski definition) is 1. The zero-order valence-electron chi connectivity index (χ0n) is 25.2. The number of nitrogens with one attached hydrogen (secondary N) is 1. The van der Waals surface area contributed by atoms with Crippen LogP contribution in [0.4, 0.5) is 34.3 Å². The van der Waals surface area contributed by atoms with Crippen LogP contribution in [-0.4, -0.2) is 82.6 Å². The van der Waals surface area contributed by atoms with Crippen molar-refractivity contribution in [1.82, 2.24) is 24.8 Å². The summed E-state index contributed by atoms with van der Waals surface area (Å²) in [4.78, 5) is 31.7. The number of ether oxygens (including phenoxy) is 1. The highest BCUT2D eigenvalue weighted by Crippen LogP contribution is 2.40. The Morgan fingerprint density at radius 1 is 1.16 bits per heavy atom. The number of aromatic nitrogens is 3. The van der Waals surface area contributed by atoms with Gasteiger partial charge in [-0.25, -0.2) is 15.0 Å². The van der Waals surface area contributed by atoms with Gasteiger partial charge >= 0.3 is 12.1 Å². The maximum atomic E-state index is 15.8. The standard InChI is InChI=1S/C30H36ClF4N7O2S/c1-3-20-6-5-10-42(20)17-23-26(19-7-8-22(31)21(16-19)30(33,34)35)38-29(45-23)39-27-25(32)28(37-18-36-27)41-14-12-40(13-15-41)11-9-24(43)44-4-2/h7-8,16,18,20H,3-6,9-15,17H2,1-2H3,(H,36,37,38,39)/t20-/m1/s1. The molecule has 2 aliphatic rings. The van der Waals surface area contributed by atoms with E-state index in [0.29, 0.717) is 69.2 Å². The zero-order valence-corrected chi connectivity index (χ0v) is 26.7. The van der Waals surface area contributed by atoms with Crippen LogP contribution < -0.4 is 10.2 Å². The number of anilines is 3. The van der Waals surface area contributed by atoms with Gasteiger partial charge in [0, 0.05) is 55.8 Å². The summed E-state index contributed by atoms with van der Waals surface area (Å²) in [7, 11) is 0. The summed E-state index contributed by atoms with van der Waals surface area (Å²) >= 11 is 7.17. The largest absolute Gasteiger partial charge is 0.466 e. The number of carbonyl (C=O) groups excluding carboxylic acids is 1. The SMILES string of the molecule is CCOC(=O)CCN1CCN(c2ncnc(Nc3nc(-c4ccc(Cl)c(C(F)(F)F)c4)c(CN4CCC[C@H]4CC)s3)c2F)CC1. The molecule has 2 aliphatic heterocycles. The number of thiazole rings is 1. The first-order valence-electron chi connectivity index (χ1n) is 15.1. The van der Waals surface area contributed by atoms with Crippen LogP contribution in [0.2, 0.25) is 5.02 Å². The van der Waals surface area contributed by atoms with Gasteiger partial charge in [0.05, 0.1) is 29.3 Å². The van der Waals surface area contributed by atoms with Crippen molar-refractivity contribution in [2.45, 2.75) is 58.3 Å². The third-order valence-corrected chi connectivity index (χ3v) is 9.45. The molecule has 1 atom stereocenters. The first kappa shape index (κ1) is 33.3.